The Balaban J connectivity index is 1.21. The summed E-state index contributed by atoms with van der Waals surface area (Å²) in [5.41, 5.74) is 5.64. The molecule has 6 nitrogen and oxygen atoms in total. The van der Waals surface area contributed by atoms with Crippen molar-refractivity contribution in [2.45, 2.75) is 32.7 Å². The van der Waals surface area contributed by atoms with Crippen molar-refractivity contribution in [3.63, 3.8) is 0 Å². The standard InChI is InChI=1S/C27H28N4O2S/c1-20-7-8-25-24(11-20)16-30(17-26(33-25)23-9-10-34-19-23)18-27(32)28-12-22-13-29-31(15-22)14-21-5-3-2-4-6-21/h2-11,13,15,19,26H,12,14,16-18H2,1H3,(H,28,32)/t26-/m1/s1. The van der Waals surface area contributed by atoms with Crippen molar-refractivity contribution >= 4 is 17.2 Å². The highest BCUT2D eigenvalue weighted by atomic mass is 32.1. The monoisotopic (exact) mass is 472 g/mol. The summed E-state index contributed by atoms with van der Waals surface area (Å²) in [7, 11) is 0. The van der Waals surface area contributed by atoms with Crippen LogP contribution in [0.2, 0.25) is 0 Å². The lowest BCUT2D eigenvalue weighted by Gasteiger charge is -2.23. The Hall–Kier alpha value is -3.42. The average Bonchev–Trinajstić information content (AvgIpc) is 3.49. The summed E-state index contributed by atoms with van der Waals surface area (Å²) >= 11 is 1.66. The van der Waals surface area contributed by atoms with Gasteiger partial charge < -0.3 is 10.1 Å². The maximum absolute atomic E-state index is 12.8. The van der Waals surface area contributed by atoms with Crippen molar-refractivity contribution in [2.24, 2.45) is 0 Å². The number of hydrogen-bond donors (Lipinski definition) is 1. The fraction of sp³-hybridized carbons (Fsp3) is 0.259. The number of aryl methyl sites for hydroxylation is 1. The van der Waals surface area contributed by atoms with Gasteiger partial charge in [0.15, 0.2) is 0 Å². The highest BCUT2D eigenvalue weighted by Gasteiger charge is 2.26. The van der Waals surface area contributed by atoms with Gasteiger partial charge in [-0.3, -0.25) is 14.4 Å². The zero-order valence-electron chi connectivity index (χ0n) is 19.2. The molecule has 1 N–H and O–H groups in total. The summed E-state index contributed by atoms with van der Waals surface area (Å²) in [5, 5.41) is 11.7. The van der Waals surface area contributed by atoms with Crippen LogP contribution in [-0.4, -0.2) is 33.7 Å². The molecule has 0 spiro atoms. The Kier molecular flexibility index (Phi) is 6.74. The summed E-state index contributed by atoms with van der Waals surface area (Å²) in [4.78, 5) is 15.0. The summed E-state index contributed by atoms with van der Waals surface area (Å²) in [6, 6.07) is 18.6. The molecule has 7 heteroatoms. The largest absolute Gasteiger partial charge is 0.484 e. The summed E-state index contributed by atoms with van der Waals surface area (Å²) in [5.74, 6) is 0.895. The topological polar surface area (TPSA) is 59.4 Å². The van der Waals surface area contributed by atoms with E-state index in [1.807, 2.05) is 41.3 Å². The van der Waals surface area contributed by atoms with E-state index in [4.69, 9.17) is 4.74 Å². The van der Waals surface area contributed by atoms with Crippen molar-refractivity contribution in [2.75, 3.05) is 13.1 Å². The van der Waals surface area contributed by atoms with Gasteiger partial charge in [-0.15, -0.1) is 0 Å². The highest BCUT2D eigenvalue weighted by molar-refractivity contribution is 7.07. The van der Waals surface area contributed by atoms with Gasteiger partial charge in [-0.05, 0) is 35.4 Å². The number of amides is 1. The smallest absolute Gasteiger partial charge is 0.234 e. The number of carbonyl (C=O) groups is 1. The highest BCUT2D eigenvalue weighted by Crippen LogP contribution is 2.32. The number of hydrogen-bond acceptors (Lipinski definition) is 5. The van der Waals surface area contributed by atoms with E-state index in [1.54, 1.807) is 11.3 Å². The Bertz CT molecular complexity index is 1240. The van der Waals surface area contributed by atoms with Crippen LogP contribution in [0.4, 0.5) is 0 Å². The van der Waals surface area contributed by atoms with Gasteiger partial charge in [-0.2, -0.15) is 16.4 Å². The van der Waals surface area contributed by atoms with Crippen LogP contribution in [0.25, 0.3) is 0 Å². The van der Waals surface area contributed by atoms with Crippen LogP contribution in [0.1, 0.15) is 33.9 Å². The van der Waals surface area contributed by atoms with E-state index in [2.05, 4.69) is 63.3 Å². The molecule has 34 heavy (non-hydrogen) atoms. The van der Waals surface area contributed by atoms with Gasteiger partial charge in [0.25, 0.3) is 0 Å². The molecule has 3 heterocycles. The van der Waals surface area contributed by atoms with Crippen LogP contribution in [0.3, 0.4) is 0 Å². The van der Waals surface area contributed by atoms with Crippen LogP contribution in [0.15, 0.2) is 77.8 Å². The Morgan fingerprint density at radius 3 is 2.88 bits per heavy atom. The number of nitrogens with zero attached hydrogens (tertiary/aromatic N) is 3. The van der Waals surface area contributed by atoms with Gasteiger partial charge in [-0.25, -0.2) is 0 Å². The SMILES string of the molecule is Cc1ccc2c(c1)CN(CC(=O)NCc1cnn(Cc3ccccc3)c1)C[C@H](c1ccsc1)O2. The molecule has 0 unspecified atom stereocenters. The number of fused-ring (bicyclic) bond motifs is 1. The molecule has 1 aliphatic heterocycles. The van der Waals surface area contributed by atoms with E-state index in [9.17, 15) is 4.79 Å². The molecule has 2 aromatic heterocycles. The fourth-order valence-electron chi connectivity index (χ4n) is 4.24. The molecule has 5 rings (SSSR count). The minimum absolute atomic E-state index is 0.00372. The van der Waals surface area contributed by atoms with E-state index in [-0.39, 0.29) is 12.0 Å². The molecule has 0 fully saturated rings. The molecule has 4 aromatic rings. The van der Waals surface area contributed by atoms with E-state index in [1.165, 1.54) is 11.1 Å². The van der Waals surface area contributed by atoms with Gasteiger partial charge in [0.05, 0.1) is 19.3 Å². The lowest BCUT2D eigenvalue weighted by molar-refractivity contribution is -0.122. The van der Waals surface area contributed by atoms with Crippen LogP contribution in [0, 0.1) is 6.92 Å². The molecule has 0 saturated carbocycles. The number of rotatable bonds is 7. The quantitative estimate of drug-likeness (QED) is 0.429. The van der Waals surface area contributed by atoms with Crippen molar-refractivity contribution in [1.29, 1.82) is 0 Å². The van der Waals surface area contributed by atoms with Gasteiger partial charge in [0, 0.05) is 42.5 Å². The van der Waals surface area contributed by atoms with Gasteiger partial charge in [0.1, 0.15) is 11.9 Å². The fourth-order valence-corrected chi connectivity index (χ4v) is 4.95. The zero-order chi connectivity index (χ0) is 23.3. The zero-order valence-corrected chi connectivity index (χ0v) is 20.0. The Morgan fingerprint density at radius 2 is 2.06 bits per heavy atom. The summed E-state index contributed by atoms with van der Waals surface area (Å²) in [6.45, 7) is 4.91. The molecule has 174 valence electrons. The number of thiophene rings is 1. The van der Waals surface area contributed by atoms with E-state index < -0.39 is 0 Å². The molecule has 2 aromatic carbocycles. The second-order valence-electron chi connectivity index (χ2n) is 8.75. The van der Waals surface area contributed by atoms with E-state index >= 15 is 0 Å². The predicted octanol–water partition coefficient (Wildman–Crippen LogP) is 4.55. The molecular weight excluding hydrogens is 444 g/mol. The molecule has 1 aliphatic rings. The lowest BCUT2D eigenvalue weighted by Crippen LogP contribution is -2.38. The average molecular weight is 473 g/mol. The number of nitrogens with one attached hydrogen (secondary N) is 1. The minimum atomic E-state index is -0.0979. The van der Waals surface area contributed by atoms with Crippen LogP contribution in [-0.2, 0) is 24.4 Å². The third-order valence-electron chi connectivity index (χ3n) is 5.95. The van der Waals surface area contributed by atoms with Gasteiger partial charge >= 0.3 is 0 Å². The molecule has 0 aliphatic carbocycles. The first-order valence-electron chi connectivity index (χ1n) is 11.4. The molecule has 0 saturated heterocycles. The molecule has 0 radical (unpaired) electrons. The third kappa shape index (κ3) is 5.55. The van der Waals surface area contributed by atoms with E-state index in [0.29, 0.717) is 32.7 Å². The second-order valence-corrected chi connectivity index (χ2v) is 9.53. The van der Waals surface area contributed by atoms with Crippen molar-refractivity contribution in [3.05, 3.63) is 106 Å². The number of aromatic nitrogens is 2. The lowest BCUT2D eigenvalue weighted by atomic mass is 10.1. The van der Waals surface area contributed by atoms with Crippen molar-refractivity contribution in [3.8, 4) is 5.75 Å². The molecule has 1 atom stereocenters. The second kappa shape index (κ2) is 10.2. The first-order chi connectivity index (χ1) is 16.6. The number of benzene rings is 2. The molecular formula is C27H28N4O2S. The molecule has 0 bridgehead atoms. The van der Waals surface area contributed by atoms with Gasteiger partial charge in [-0.1, -0.05) is 48.0 Å². The maximum Gasteiger partial charge on any atom is 0.234 e. The Morgan fingerprint density at radius 1 is 1.18 bits per heavy atom. The third-order valence-corrected chi connectivity index (χ3v) is 6.65. The van der Waals surface area contributed by atoms with Crippen LogP contribution < -0.4 is 10.1 Å². The first kappa shape index (κ1) is 22.4. The predicted molar refractivity (Wildman–Crippen MR) is 134 cm³/mol. The normalized spacial score (nSPS) is 15.9. The van der Waals surface area contributed by atoms with Crippen LogP contribution in [0.5, 0.6) is 5.75 Å². The first-order valence-corrected chi connectivity index (χ1v) is 12.4. The number of carbonyl (C=O) groups excluding carboxylic acids is 1. The maximum atomic E-state index is 12.8. The van der Waals surface area contributed by atoms with E-state index in [0.717, 1.165) is 22.4 Å². The van der Waals surface area contributed by atoms with Crippen LogP contribution >= 0.6 is 11.3 Å². The molecule has 1 amide bonds. The summed E-state index contributed by atoms with van der Waals surface area (Å²) < 4.78 is 8.27. The van der Waals surface area contributed by atoms with Gasteiger partial charge in [0.2, 0.25) is 5.91 Å². The Labute approximate surface area is 203 Å². The van der Waals surface area contributed by atoms with Crippen molar-refractivity contribution < 1.29 is 9.53 Å². The summed E-state index contributed by atoms with van der Waals surface area (Å²) in [6.07, 6.45) is 3.70. The van der Waals surface area contributed by atoms with Crippen molar-refractivity contribution in [1.82, 2.24) is 20.0 Å². The minimum Gasteiger partial charge on any atom is -0.484 e. The number of ether oxygens (including phenoxy) is 1.